The molecule has 1 fully saturated rings. The maximum Gasteiger partial charge on any atom is 0.330 e. The second kappa shape index (κ2) is 6.52. The molecule has 8 heteroatoms. The van der Waals surface area contributed by atoms with Crippen LogP contribution in [0.3, 0.4) is 0 Å². The molecular weight excluding hydrogens is 278 g/mol. The van der Waals surface area contributed by atoms with E-state index in [1.54, 1.807) is 14.2 Å². The largest absolute Gasteiger partial charge is 0.376 e. The summed E-state index contributed by atoms with van der Waals surface area (Å²) in [6.07, 6.45) is -0.222. The molecule has 1 aliphatic heterocycles. The molecule has 21 heavy (non-hydrogen) atoms. The Labute approximate surface area is 122 Å². The molecule has 2 heterocycles. The van der Waals surface area contributed by atoms with Crippen molar-refractivity contribution in [2.24, 2.45) is 0 Å². The predicted molar refractivity (Wildman–Crippen MR) is 75.4 cm³/mol. The second-order valence-corrected chi connectivity index (χ2v) is 5.25. The lowest BCUT2D eigenvalue weighted by atomic mass is 10.1. The normalized spacial score (nSPS) is 29.2. The number of hydrogen-bond donors (Lipinski definition) is 1. The van der Waals surface area contributed by atoms with Crippen molar-refractivity contribution in [1.82, 2.24) is 14.5 Å². The molecule has 0 saturated carbocycles. The minimum atomic E-state index is -0.644. The molecule has 1 aromatic heterocycles. The first-order valence-corrected chi connectivity index (χ1v) is 6.65. The molecule has 0 aliphatic carbocycles. The van der Waals surface area contributed by atoms with Crippen LogP contribution >= 0.6 is 0 Å². The highest BCUT2D eigenvalue weighted by atomic mass is 16.6. The van der Waals surface area contributed by atoms with E-state index in [9.17, 15) is 9.59 Å². The van der Waals surface area contributed by atoms with Gasteiger partial charge in [-0.05, 0) is 14.1 Å². The number of aromatic amines is 1. The zero-order chi connectivity index (χ0) is 15.6. The molecule has 0 bridgehead atoms. The summed E-state index contributed by atoms with van der Waals surface area (Å²) in [5.41, 5.74) is -0.980. The Kier molecular flexibility index (Phi) is 4.94. The fourth-order valence-corrected chi connectivity index (χ4v) is 2.60. The number of H-pyrrole nitrogens is 1. The van der Waals surface area contributed by atoms with Crippen LogP contribution in [-0.4, -0.2) is 67.6 Å². The van der Waals surface area contributed by atoms with Crippen LogP contribution < -0.4 is 11.2 Å². The first-order valence-electron chi connectivity index (χ1n) is 6.65. The number of aromatic nitrogens is 2. The third-order valence-electron chi connectivity index (χ3n) is 3.50. The topological polar surface area (TPSA) is 85.8 Å². The quantitative estimate of drug-likeness (QED) is 0.752. The van der Waals surface area contributed by atoms with Gasteiger partial charge in [-0.15, -0.1) is 0 Å². The van der Waals surface area contributed by atoms with Crippen molar-refractivity contribution >= 4 is 0 Å². The van der Waals surface area contributed by atoms with Gasteiger partial charge < -0.3 is 19.1 Å². The lowest BCUT2D eigenvalue weighted by molar-refractivity contribution is -0.0574. The number of nitrogens with zero attached hydrogens (tertiary/aromatic N) is 2. The Hall–Kier alpha value is -1.48. The summed E-state index contributed by atoms with van der Waals surface area (Å²) >= 11 is 0. The van der Waals surface area contributed by atoms with Gasteiger partial charge in [-0.25, -0.2) is 4.79 Å². The zero-order valence-corrected chi connectivity index (χ0v) is 12.6. The lowest BCUT2D eigenvalue weighted by Gasteiger charge is -2.23. The summed E-state index contributed by atoms with van der Waals surface area (Å²) in [5, 5.41) is 0. The van der Waals surface area contributed by atoms with Gasteiger partial charge in [0.05, 0.1) is 0 Å². The van der Waals surface area contributed by atoms with Crippen LogP contribution in [0.15, 0.2) is 21.9 Å². The van der Waals surface area contributed by atoms with Gasteiger partial charge in [-0.1, -0.05) is 0 Å². The maximum absolute atomic E-state index is 11.9. The summed E-state index contributed by atoms with van der Waals surface area (Å²) < 4.78 is 18.2. The molecule has 2 rings (SSSR count). The molecule has 1 aromatic rings. The molecule has 0 aromatic carbocycles. The van der Waals surface area contributed by atoms with Crippen molar-refractivity contribution in [3.05, 3.63) is 33.1 Å². The van der Waals surface area contributed by atoms with E-state index in [1.165, 1.54) is 16.8 Å². The van der Waals surface area contributed by atoms with Crippen LogP contribution in [0.5, 0.6) is 0 Å². The Balaban J connectivity index is 2.34. The molecular formula is C13H21N3O5. The van der Waals surface area contributed by atoms with Crippen LogP contribution in [0.2, 0.25) is 0 Å². The third-order valence-corrected chi connectivity index (χ3v) is 3.50. The second-order valence-electron chi connectivity index (χ2n) is 5.25. The smallest absolute Gasteiger partial charge is 0.330 e. The Morgan fingerprint density at radius 2 is 1.95 bits per heavy atom. The highest BCUT2D eigenvalue weighted by Crippen LogP contribution is 2.32. The SMILES string of the molecule is COC1[C@@H](OC)[C@@H](CN(C)C)O[C@H]1n1ccc(=O)[nH]c1=O. The minimum Gasteiger partial charge on any atom is -0.376 e. The molecule has 1 saturated heterocycles. The van der Waals surface area contributed by atoms with Crippen molar-refractivity contribution in [3.63, 3.8) is 0 Å². The molecule has 1 aliphatic rings. The number of rotatable bonds is 5. The molecule has 0 amide bonds. The van der Waals surface area contributed by atoms with Gasteiger partial charge in [0.15, 0.2) is 6.23 Å². The van der Waals surface area contributed by atoms with Crippen molar-refractivity contribution in [1.29, 1.82) is 0 Å². The van der Waals surface area contributed by atoms with Crippen LogP contribution in [0.25, 0.3) is 0 Å². The molecule has 8 nitrogen and oxygen atoms in total. The first-order chi connectivity index (χ1) is 9.97. The standard InChI is InChI=1S/C13H21N3O5/c1-15(2)7-8-10(19-3)11(20-4)12(21-8)16-6-5-9(17)14-13(16)18/h5-6,8,10-12H,7H2,1-4H3,(H,14,17,18)/t8-,10+,11?,12-/m1/s1. The Bertz CT molecular complexity index is 582. The van der Waals surface area contributed by atoms with E-state index in [0.717, 1.165) is 0 Å². The monoisotopic (exact) mass is 299 g/mol. The molecule has 4 atom stereocenters. The van der Waals surface area contributed by atoms with Gasteiger partial charge in [0, 0.05) is 33.0 Å². The summed E-state index contributed by atoms with van der Waals surface area (Å²) in [5.74, 6) is 0. The van der Waals surface area contributed by atoms with Gasteiger partial charge in [0.2, 0.25) is 0 Å². The van der Waals surface area contributed by atoms with E-state index < -0.39 is 23.6 Å². The third kappa shape index (κ3) is 3.24. The van der Waals surface area contributed by atoms with E-state index >= 15 is 0 Å². The van der Waals surface area contributed by atoms with Crippen LogP contribution in [0.1, 0.15) is 6.23 Å². The molecule has 1 unspecified atom stereocenters. The van der Waals surface area contributed by atoms with E-state index in [2.05, 4.69) is 4.98 Å². The van der Waals surface area contributed by atoms with Gasteiger partial charge in [0.25, 0.3) is 5.56 Å². The van der Waals surface area contributed by atoms with Gasteiger partial charge in [-0.2, -0.15) is 0 Å². The van der Waals surface area contributed by atoms with E-state index in [-0.39, 0.29) is 12.2 Å². The van der Waals surface area contributed by atoms with Crippen molar-refractivity contribution in [2.45, 2.75) is 24.5 Å². The van der Waals surface area contributed by atoms with Crippen LogP contribution in [-0.2, 0) is 14.2 Å². The molecule has 118 valence electrons. The summed E-state index contributed by atoms with van der Waals surface area (Å²) in [6.45, 7) is 0.632. The Morgan fingerprint density at radius 1 is 1.29 bits per heavy atom. The average molecular weight is 299 g/mol. The zero-order valence-electron chi connectivity index (χ0n) is 12.6. The van der Waals surface area contributed by atoms with Gasteiger partial charge >= 0.3 is 5.69 Å². The van der Waals surface area contributed by atoms with Crippen molar-refractivity contribution in [3.8, 4) is 0 Å². The van der Waals surface area contributed by atoms with Crippen molar-refractivity contribution < 1.29 is 14.2 Å². The fourth-order valence-electron chi connectivity index (χ4n) is 2.60. The first kappa shape index (κ1) is 15.9. The number of methoxy groups -OCH3 is 2. The highest BCUT2D eigenvalue weighted by Gasteiger charge is 2.46. The number of likely N-dealkylation sites (N-methyl/N-ethyl adjacent to an activating group) is 1. The number of nitrogens with one attached hydrogen (secondary N) is 1. The molecule has 1 N–H and O–H groups in total. The van der Waals surface area contributed by atoms with Crippen LogP contribution in [0, 0.1) is 0 Å². The lowest BCUT2D eigenvalue weighted by Crippen LogP contribution is -2.40. The summed E-state index contributed by atoms with van der Waals surface area (Å²) in [7, 11) is 6.98. The van der Waals surface area contributed by atoms with E-state index in [1.807, 2.05) is 19.0 Å². The average Bonchev–Trinajstić information content (AvgIpc) is 2.75. The van der Waals surface area contributed by atoms with Gasteiger partial charge in [0.1, 0.15) is 18.3 Å². The van der Waals surface area contributed by atoms with E-state index in [0.29, 0.717) is 6.54 Å². The van der Waals surface area contributed by atoms with Crippen LogP contribution in [0.4, 0.5) is 0 Å². The molecule has 0 radical (unpaired) electrons. The summed E-state index contributed by atoms with van der Waals surface area (Å²) in [6, 6.07) is 1.28. The maximum atomic E-state index is 11.9. The Morgan fingerprint density at radius 3 is 2.48 bits per heavy atom. The molecule has 0 spiro atoms. The van der Waals surface area contributed by atoms with Crippen molar-refractivity contribution in [2.75, 3.05) is 34.9 Å². The highest BCUT2D eigenvalue weighted by molar-refractivity contribution is 4.95. The minimum absolute atomic E-state index is 0.237. The fraction of sp³-hybridized carbons (Fsp3) is 0.692. The van der Waals surface area contributed by atoms with Gasteiger partial charge in [-0.3, -0.25) is 14.3 Å². The number of hydrogen-bond acceptors (Lipinski definition) is 6. The van der Waals surface area contributed by atoms with E-state index in [4.69, 9.17) is 14.2 Å². The predicted octanol–water partition coefficient (Wildman–Crippen LogP) is -0.974. The number of ether oxygens (including phenoxy) is 3. The summed E-state index contributed by atoms with van der Waals surface area (Å²) in [4.78, 5) is 27.3.